The second-order valence-corrected chi connectivity index (χ2v) is 7.66. The van der Waals surface area contributed by atoms with E-state index in [4.69, 9.17) is 4.98 Å². The minimum atomic E-state index is 0.687. The van der Waals surface area contributed by atoms with Gasteiger partial charge in [0.05, 0.1) is 27.3 Å². The number of aromatic amines is 2. The third-order valence-corrected chi connectivity index (χ3v) is 5.94. The molecule has 0 saturated heterocycles. The zero-order valence-electron chi connectivity index (χ0n) is 15.3. The van der Waals surface area contributed by atoms with Crippen LogP contribution in [0.3, 0.4) is 0 Å². The minimum Gasteiger partial charge on any atom is -0.346 e. The van der Waals surface area contributed by atoms with Gasteiger partial charge in [-0.3, -0.25) is 5.10 Å². The molecule has 9 heteroatoms. The summed E-state index contributed by atoms with van der Waals surface area (Å²) in [6.07, 6.45) is 7.17. The Morgan fingerprint density at radius 2 is 2.10 bits per heavy atom. The Bertz CT molecular complexity index is 1470. The van der Waals surface area contributed by atoms with Crippen LogP contribution in [-0.4, -0.2) is 39.7 Å². The molecule has 2 N–H and O–H groups in total. The largest absolute Gasteiger partial charge is 0.346 e. The van der Waals surface area contributed by atoms with E-state index in [0.717, 1.165) is 48.9 Å². The van der Waals surface area contributed by atoms with Gasteiger partial charge in [-0.15, -0.1) is 11.3 Å². The van der Waals surface area contributed by atoms with Crippen molar-refractivity contribution >= 4 is 27.9 Å². The molecule has 0 aliphatic rings. The number of aryl methyl sites for hydroxylation is 1. The number of fused-ring (bicyclic) bond motifs is 2. The van der Waals surface area contributed by atoms with Crippen LogP contribution in [0, 0.1) is 6.92 Å². The molecule has 6 aromatic rings. The minimum absolute atomic E-state index is 0.687. The summed E-state index contributed by atoms with van der Waals surface area (Å²) in [6, 6.07) is 10.1. The maximum absolute atomic E-state index is 5.01. The molecule has 0 fully saturated rings. The summed E-state index contributed by atoms with van der Waals surface area (Å²) < 4.78 is 1.88. The van der Waals surface area contributed by atoms with Gasteiger partial charge in [-0.25, -0.2) is 19.5 Å². The van der Waals surface area contributed by atoms with Crippen LogP contribution in [-0.2, 0) is 0 Å². The summed E-state index contributed by atoms with van der Waals surface area (Å²) in [7, 11) is 0. The standard InChI is InChI=1S/C20H14N8S/c1-11-15(14-4-2-3-7-28(14)27-11)20-25-16(17(29-20)19-23-10-24-26-19)13-8-12-5-6-21-18(12)22-9-13/h2-10H,1H3,(H,21,22)(H,23,24,26). The monoisotopic (exact) mass is 398 g/mol. The van der Waals surface area contributed by atoms with E-state index in [0.29, 0.717) is 5.82 Å². The second-order valence-electron chi connectivity index (χ2n) is 6.66. The number of nitrogens with zero attached hydrogens (tertiary/aromatic N) is 6. The third kappa shape index (κ3) is 2.48. The van der Waals surface area contributed by atoms with E-state index >= 15 is 0 Å². The van der Waals surface area contributed by atoms with Crippen LogP contribution in [0.4, 0.5) is 0 Å². The van der Waals surface area contributed by atoms with Gasteiger partial charge in [0.1, 0.15) is 17.0 Å². The van der Waals surface area contributed by atoms with E-state index < -0.39 is 0 Å². The van der Waals surface area contributed by atoms with Crippen molar-refractivity contribution in [3.8, 4) is 32.5 Å². The molecule has 0 aliphatic heterocycles. The Balaban J connectivity index is 1.61. The highest BCUT2D eigenvalue weighted by molar-refractivity contribution is 7.19. The van der Waals surface area contributed by atoms with Gasteiger partial charge in [0.25, 0.3) is 0 Å². The molecule has 0 saturated carbocycles. The lowest BCUT2D eigenvalue weighted by atomic mass is 10.1. The van der Waals surface area contributed by atoms with E-state index in [1.807, 2.05) is 48.2 Å². The molecule has 6 rings (SSSR count). The average molecular weight is 398 g/mol. The Labute approximate surface area is 168 Å². The molecule has 0 unspecified atom stereocenters. The maximum Gasteiger partial charge on any atom is 0.167 e. The Hall–Kier alpha value is -3.85. The van der Waals surface area contributed by atoms with Crippen LogP contribution < -0.4 is 0 Å². The lowest BCUT2D eigenvalue weighted by Gasteiger charge is -2.00. The van der Waals surface area contributed by atoms with E-state index in [2.05, 4.69) is 42.4 Å². The highest BCUT2D eigenvalue weighted by Crippen LogP contribution is 2.41. The zero-order valence-corrected chi connectivity index (χ0v) is 16.1. The molecule has 6 aromatic heterocycles. The lowest BCUT2D eigenvalue weighted by molar-refractivity contribution is 0.934. The first-order chi connectivity index (χ1) is 14.3. The summed E-state index contributed by atoms with van der Waals surface area (Å²) in [4.78, 5) is 17.9. The van der Waals surface area contributed by atoms with Crippen molar-refractivity contribution in [1.82, 2.24) is 39.7 Å². The van der Waals surface area contributed by atoms with Gasteiger partial charge in [0.15, 0.2) is 5.82 Å². The Kier molecular flexibility index (Phi) is 3.38. The highest BCUT2D eigenvalue weighted by Gasteiger charge is 2.22. The molecule has 0 aromatic carbocycles. The van der Waals surface area contributed by atoms with Crippen molar-refractivity contribution in [1.29, 1.82) is 0 Å². The van der Waals surface area contributed by atoms with Crippen molar-refractivity contribution in [2.24, 2.45) is 0 Å². The zero-order chi connectivity index (χ0) is 19.4. The molecular formula is C20H14N8S. The fourth-order valence-electron chi connectivity index (χ4n) is 3.55. The van der Waals surface area contributed by atoms with Gasteiger partial charge in [-0.2, -0.15) is 10.2 Å². The van der Waals surface area contributed by atoms with Gasteiger partial charge >= 0.3 is 0 Å². The van der Waals surface area contributed by atoms with Crippen LogP contribution in [0.25, 0.3) is 49.1 Å². The van der Waals surface area contributed by atoms with Crippen LogP contribution in [0.2, 0.25) is 0 Å². The predicted molar refractivity (Wildman–Crippen MR) is 112 cm³/mol. The number of hydrogen-bond donors (Lipinski definition) is 2. The molecular weight excluding hydrogens is 384 g/mol. The van der Waals surface area contributed by atoms with Crippen LogP contribution in [0.1, 0.15) is 5.69 Å². The summed E-state index contributed by atoms with van der Waals surface area (Å²) in [5.41, 5.74) is 5.59. The number of nitrogens with one attached hydrogen (secondary N) is 2. The summed E-state index contributed by atoms with van der Waals surface area (Å²) in [6.45, 7) is 2.00. The quantitative estimate of drug-likeness (QED) is 0.467. The Morgan fingerprint density at radius 1 is 1.14 bits per heavy atom. The van der Waals surface area contributed by atoms with Crippen molar-refractivity contribution in [3.63, 3.8) is 0 Å². The number of hydrogen-bond acceptors (Lipinski definition) is 6. The molecule has 0 amide bonds. The van der Waals surface area contributed by atoms with Crippen LogP contribution >= 0.6 is 11.3 Å². The number of aromatic nitrogens is 8. The smallest absolute Gasteiger partial charge is 0.167 e. The van der Waals surface area contributed by atoms with Gasteiger partial charge in [0.2, 0.25) is 0 Å². The first kappa shape index (κ1) is 16.1. The molecule has 29 heavy (non-hydrogen) atoms. The SMILES string of the molecule is Cc1nn2ccccc2c1-c1nc(-c2cnc3[nH]ccc3c2)c(-c2ncn[nH]2)s1. The number of thiazole rings is 1. The highest BCUT2D eigenvalue weighted by atomic mass is 32.1. The predicted octanol–water partition coefficient (Wildman–Crippen LogP) is 4.09. The molecule has 140 valence electrons. The third-order valence-electron chi connectivity index (χ3n) is 4.86. The summed E-state index contributed by atoms with van der Waals surface area (Å²) in [5, 5.41) is 13.5. The molecule has 0 radical (unpaired) electrons. The van der Waals surface area contributed by atoms with E-state index in [9.17, 15) is 0 Å². The summed E-state index contributed by atoms with van der Waals surface area (Å²) >= 11 is 1.57. The first-order valence-electron chi connectivity index (χ1n) is 9.02. The molecule has 8 nitrogen and oxygen atoms in total. The van der Waals surface area contributed by atoms with Gasteiger partial charge in [-0.1, -0.05) is 6.07 Å². The topological polar surface area (TPSA) is 100 Å². The average Bonchev–Trinajstić information content (AvgIpc) is 3.50. The van der Waals surface area contributed by atoms with Gasteiger partial charge in [0, 0.05) is 29.5 Å². The van der Waals surface area contributed by atoms with E-state index in [1.54, 1.807) is 11.3 Å². The van der Waals surface area contributed by atoms with Crippen molar-refractivity contribution < 1.29 is 0 Å². The van der Waals surface area contributed by atoms with Crippen molar-refractivity contribution in [2.75, 3.05) is 0 Å². The van der Waals surface area contributed by atoms with Crippen molar-refractivity contribution in [2.45, 2.75) is 6.92 Å². The van der Waals surface area contributed by atoms with Crippen LogP contribution in [0.5, 0.6) is 0 Å². The van der Waals surface area contributed by atoms with E-state index in [1.165, 1.54) is 6.33 Å². The fraction of sp³-hybridized carbons (Fsp3) is 0.0500. The first-order valence-corrected chi connectivity index (χ1v) is 9.84. The lowest BCUT2D eigenvalue weighted by Crippen LogP contribution is -1.86. The number of pyridine rings is 2. The molecule has 0 atom stereocenters. The molecule has 0 bridgehead atoms. The normalized spacial score (nSPS) is 11.6. The summed E-state index contributed by atoms with van der Waals surface area (Å²) in [5.74, 6) is 0.687. The van der Waals surface area contributed by atoms with E-state index in [-0.39, 0.29) is 0 Å². The molecule has 0 aliphatic carbocycles. The molecule has 6 heterocycles. The fourth-order valence-corrected chi connectivity index (χ4v) is 4.69. The van der Waals surface area contributed by atoms with Crippen LogP contribution in [0.15, 0.2) is 55.2 Å². The Morgan fingerprint density at radius 3 is 3.00 bits per heavy atom. The van der Waals surface area contributed by atoms with Crippen molar-refractivity contribution in [3.05, 3.63) is 60.9 Å². The number of rotatable bonds is 3. The van der Waals surface area contributed by atoms with Gasteiger partial charge < -0.3 is 4.98 Å². The molecule has 0 spiro atoms. The second kappa shape index (κ2) is 6.08. The number of H-pyrrole nitrogens is 2. The maximum atomic E-state index is 5.01. The van der Waals surface area contributed by atoms with Gasteiger partial charge in [-0.05, 0) is 31.2 Å².